The molecule has 1 saturated heterocycles. The first-order valence-electron chi connectivity index (χ1n) is 9.88. The van der Waals surface area contributed by atoms with Crippen molar-refractivity contribution in [3.63, 3.8) is 0 Å². The van der Waals surface area contributed by atoms with Gasteiger partial charge in [-0.2, -0.15) is 5.10 Å². The summed E-state index contributed by atoms with van der Waals surface area (Å²) in [5, 5.41) is 9.44. The van der Waals surface area contributed by atoms with Crippen molar-refractivity contribution in [2.24, 2.45) is 0 Å². The quantitative estimate of drug-likeness (QED) is 0.851. The van der Waals surface area contributed by atoms with E-state index in [1.807, 2.05) is 17.9 Å². The molecule has 1 atom stereocenters. The third-order valence-electron chi connectivity index (χ3n) is 6.21. The van der Waals surface area contributed by atoms with E-state index in [4.69, 9.17) is 0 Å². The highest BCUT2D eigenvalue weighted by atomic mass is 19.1. The second-order valence-corrected chi connectivity index (χ2v) is 7.83. The summed E-state index contributed by atoms with van der Waals surface area (Å²) in [6.45, 7) is 3.74. The van der Waals surface area contributed by atoms with Crippen LogP contribution in [0.4, 0.5) is 4.39 Å². The van der Waals surface area contributed by atoms with Crippen LogP contribution >= 0.6 is 0 Å². The van der Waals surface area contributed by atoms with Crippen LogP contribution in [-0.4, -0.2) is 46.5 Å². The summed E-state index contributed by atoms with van der Waals surface area (Å²) in [4.78, 5) is 26.6. The van der Waals surface area contributed by atoms with E-state index in [1.54, 1.807) is 18.3 Å². The number of hydrogen-bond donors (Lipinski definition) is 2. The van der Waals surface area contributed by atoms with Crippen LogP contribution in [0.15, 0.2) is 30.5 Å². The first-order chi connectivity index (χ1) is 13.5. The molecule has 2 heterocycles. The van der Waals surface area contributed by atoms with E-state index >= 15 is 0 Å². The monoisotopic (exact) mass is 384 g/mol. The molecule has 4 rings (SSSR count). The van der Waals surface area contributed by atoms with E-state index < -0.39 is 0 Å². The number of aromatic amines is 1. The summed E-state index contributed by atoms with van der Waals surface area (Å²) in [7, 11) is 0. The van der Waals surface area contributed by atoms with Crippen molar-refractivity contribution in [3.8, 4) is 0 Å². The van der Waals surface area contributed by atoms with Gasteiger partial charge in [0, 0.05) is 32.3 Å². The molecule has 1 fully saturated rings. The molecular formula is C21H25FN4O2. The Labute approximate surface area is 163 Å². The minimum atomic E-state index is -0.243. The largest absolute Gasteiger partial charge is 0.356 e. The number of carbonyl (C=O) groups is 2. The fraction of sp³-hybridized carbons (Fsp3) is 0.476. The molecule has 7 heteroatoms. The van der Waals surface area contributed by atoms with E-state index in [1.165, 1.54) is 6.07 Å². The maximum Gasteiger partial charge on any atom is 0.271 e. The van der Waals surface area contributed by atoms with Crippen LogP contribution in [0.1, 0.15) is 60.1 Å². The molecule has 2 aromatic rings. The topological polar surface area (TPSA) is 78.1 Å². The second-order valence-electron chi connectivity index (χ2n) is 7.83. The van der Waals surface area contributed by atoms with Crippen LogP contribution in [-0.2, 0) is 10.2 Å². The number of piperidine rings is 1. The number of halogens is 1. The molecule has 1 spiro atoms. The fourth-order valence-corrected chi connectivity index (χ4v) is 4.87. The molecule has 6 nitrogen and oxygen atoms in total. The summed E-state index contributed by atoms with van der Waals surface area (Å²) in [6.07, 6.45) is 4.37. The maximum atomic E-state index is 14.0. The molecule has 0 saturated carbocycles. The Morgan fingerprint density at radius 1 is 1.32 bits per heavy atom. The smallest absolute Gasteiger partial charge is 0.271 e. The molecular weight excluding hydrogens is 359 g/mol. The van der Waals surface area contributed by atoms with Gasteiger partial charge in [-0.15, -0.1) is 0 Å². The number of H-pyrrole nitrogens is 1. The first-order valence-corrected chi connectivity index (χ1v) is 9.88. The number of hydrogen-bond acceptors (Lipinski definition) is 3. The van der Waals surface area contributed by atoms with Crippen molar-refractivity contribution < 1.29 is 14.0 Å². The Kier molecular flexibility index (Phi) is 4.91. The molecule has 28 heavy (non-hydrogen) atoms. The molecule has 2 N–H and O–H groups in total. The predicted molar refractivity (Wildman–Crippen MR) is 102 cm³/mol. The summed E-state index contributed by atoms with van der Waals surface area (Å²) < 4.78 is 14.0. The van der Waals surface area contributed by atoms with Crippen molar-refractivity contribution in [2.75, 3.05) is 19.6 Å². The third kappa shape index (κ3) is 3.30. The Morgan fingerprint density at radius 3 is 2.79 bits per heavy atom. The highest BCUT2D eigenvalue weighted by Crippen LogP contribution is 2.53. The van der Waals surface area contributed by atoms with Crippen LogP contribution in [0, 0.1) is 5.82 Å². The summed E-state index contributed by atoms with van der Waals surface area (Å²) in [5.74, 6) is -0.167. The first kappa shape index (κ1) is 18.7. The maximum absolute atomic E-state index is 14.0. The lowest BCUT2D eigenvalue weighted by Crippen LogP contribution is -2.44. The predicted octanol–water partition coefficient (Wildman–Crippen LogP) is 2.74. The average molecular weight is 384 g/mol. The molecule has 1 aliphatic carbocycles. The normalized spacial score (nSPS) is 20.2. The van der Waals surface area contributed by atoms with Crippen molar-refractivity contribution in [1.29, 1.82) is 0 Å². The highest BCUT2D eigenvalue weighted by molar-refractivity contribution is 5.92. The zero-order valence-corrected chi connectivity index (χ0v) is 16.0. The van der Waals surface area contributed by atoms with Crippen molar-refractivity contribution >= 4 is 11.8 Å². The minimum absolute atomic E-state index is 0.0340. The standard InChI is InChI=1S/C21H25FN4O2/c1-2-23-19(27)11-14-13-21(17-12-15(22)3-4-16(14)17)6-9-26(10-7-21)20(28)18-5-8-24-25-18/h3-5,8,12,14H,2,6-7,9-11,13H2,1H3,(H,23,27)(H,24,25)/t14-/m1/s1. The number of benzene rings is 1. The number of nitrogens with one attached hydrogen (secondary N) is 2. The van der Waals surface area contributed by atoms with Gasteiger partial charge in [0.25, 0.3) is 5.91 Å². The molecule has 1 aromatic carbocycles. The van der Waals surface area contributed by atoms with Crippen LogP contribution < -0.4 is 5.32 Å². The van der Waals surface area contributed by atoms with E-state index in [0.29, 0.717) is 31.7 Å². The molecule has 1 aromatic heterocycles. The van der Waals surface area contributed by atoms with Gasteiger partial charge in [0.2, 0.25) is 5.91 Å². The SMILES string of the molecule is CCNC(=O)C[C@@H]1CC2(CCN(C(=O)c3ccn[nH]3)CC2)c2cc(F)ccc21. The highest BCUT2D eigenvalue weighted by Gasteiger charge is 2.46. The number of amides is 2. The van der Waals surface area contributed by atoms with E-state index in [9.17, 15) is 14.0 Å². The van der Waals surface area contributed by atoms with Gasteiger partial charge in [0.1, 0.15) is 11.5 Å². The molecule has 2 aliphatic rings. The van der Waals surface area contributed by atoms with Gasteiger partial charge in [0.15, 0.2) is 0 Å². The third-order valence-corrected chi connectivity index (χ3v) is 6.21. The van der Waals surface area contributed by atoms with Gasteiger partial charge in [-0.1, -0.05) is 6.07 Å². The molecule has 1 aliphatic heterocycles. The number of likely N-dealkylation sites (tertiary alicyclic amines) is 1. The summed E-state index contributed by atoms with van der Waals surface area (Å²) >= 11 is 0. The van der Waals surface area contributed by atoms with Gasteiger partial charge in [0.05, 0.1) is 0 Å². The van der Waals surface area contributed by atoms with Crippen molar-refractivity contribution in [1.82, 2.24) is 20.4 Å². The molecule has 0 bridgehead atoms. The van der Waals surface area contributed by atoms with E-state index in [2.05, 4.69) is 15.5 Å². The zero-order valence-electron chi connectivity index (χ0n) is 16.0. The Hall–Kier alpha value is -2.70. The van der Waals surface area contributed by atoms with Crippen molar-refractivity contribution in [2.45, 2.75) is 43.9 Å². The number of nitrogens with zero attached hydrogens (tertiary/aromatic N) is 2. The molecule has 2 amide bonds. The van der Waals surface area contributed by atoms with Crippen LogP contribution in [0.3, 0.4) is 0 Å². The molecule has 0 radical (unpaired) electrons. The Morgan fingerprint density at radius 2 is 2.11 bits per heavy atom. The number of aromatic nitrogens is 2. The fourth-order valence-electron chi connectivity index (χ4n) is 4.87. The lowest BCUT2D eigenvalue weighted by molar-refractivity contribution is -0.121. The van der Waals surface area contributed by atoms with Crippen molar-refractivity contribution in [3.05, 3.63) is 53.1 Å². The Balaban J connectivity index is 1.54. The van der Waals surface area contributed by atoms with Crippen LogP contribution in [0.25, 0.3) is 0 Å². The van der Waals surface area contributed by atoms with E-state index in [-0.39, 0.29) is 29.0 Å². The zero-order chi connectivity index (χ0) is 19.7. The van der Waals surface area contributed by atoms with Crippen LogP contribution in [0.5, 0.6) is 0 Å². The number of rotatable bonds is 4. The molecule has 148 valence electrons. The van der Waals surface area contributed by atoms with Gasteiger partial charge in [-0.25, -0.2) is 4.39 Å². The van der Waals surface area contributed by atoms with Gasteiger partial charge in [-0.3, -0.25) is 14.7 Å². The van der Waals surface area contributed by atoms with Gasteiger partial charge >= 0.3 is 0 Å². The average Bonchev–Trinajstić information content (AvgIpc) is 3.30. The van der Waals surface area contributed by atoms with Crippen LogP contribution in [0.2, 0.25) is 0 Å². The summed E-state index contributed by atoms with van der Waals surface area (Å²) in [6, 6.07) is 6.64. The second kappa shape index (κ2) is 7.37. The summed E-state index contributed by atoms with van der Waals surface area (Å²) in [5.41, 5.74) is 2.43. The lowest BCUT2D eigenvalue weighted by Gasteiger charge is -2.40. The number of fused-ring (bicyclic) bond motifs is 2. The van der Waals surface area contributed by atoms with Gasteiger partial charge in [-0.05, 0) is 66.8 Å². The van der Waals surface area contributed by atoms with Gasteiger partial charge < -0.3 is 10.2 Å². The number of carbonyl (C=O) groups excluding carboxylic acids is 2. The van der Waals surface area contributed by atoms with E-state index in [0.717, 1.165) is 30.4 Å². The minimum Gasteiger partial charge on any atom is -0.356 e. The Bertz CT molecular complexity index is 873. The lowest BCUT2D eigenvalue weighted by atomic mass is 9.73. The molecule has 0 unspecified atom stereocenters.